The molecular formula is C12H20N2OS. The van der Waals surface area contributed by atoms with Crippen molar-refractivity contribution in [3.05, 3.63) is 18.2 Å². The molecule has 0 aliphatic rings. The highest BCUT2D eigenvalue weighted by Gasteiger charge is 2.17. The van der Waals surface area contributed by atoms with Crippen molar-refractivity contribution in [3.63, 3.8) is 0 Å². The van der Waals surface area contributed by atoms with Gasteiger partial charge in [0.2, 0.25) is 5.78 Å². The first-order valence-electron chi connectivity index (χ1n) is 5.62. The Hall–Kier alpha value is -0.770. The lowest BCUT2D eigenvalue weighted by Crippen LogP contribution is -2.16. The quantitative estimate of drug-likeness (QED) is 0.742. The molecule has 90 valence electrons. The van der Waals surface area contributed by atoms with E-state index in [1.807, 2.05) is 10.8 Å². The van der Waals surface area contributed by atoms with Crippen LogP contribution >= 0.6 is 11.8 Å². The fourth-order valence-corrected chi connectivity index (χ4v) is 2.02. The lowest BCUT2D eigenvalue weighted by molar-refractivity contribution is 0.100. The van der Waals surface area contributed by atoms with Gasteiger partial charge in [-0.2, -0.15) is 0 Å². The first kappa shape index (κ1) is 13.3. The first-order valence-corrected chi connectivity index (χ1v) is 6.61. The zero-order chi connectivity index (χ0) is 12.2. The second-order valence-corrected chi connectivity index (χ2v) is 6.57. The van der Waals surface area contributed by atoms with Crippen LogP contribution in [0.2, 0.25) is 0 Å². The maximum atomic E-state index is 11.9. The Bertz CT molecular complexity index is 352. The van der Waals surface area contributed by atoms with Crippen molar-refractivity contribution in [2.45, 2.75) is 45.4 Å². The first-order chi connectivity index (χ1) is 7.44. The Morgan fingerprint density at radius 3 is 2.75 bits per heavy atom. The number of carbonyl (C=O) groups excluding carboxylic acids is 1. The predicted octanol–water partition coefficient (Wildman–Crippen LogP) is 3.01. The number of Topliss-reactive ketones (excluding diaryl/α,β-unsaturated/α-hetero) is 1. The summed E-state index contributed by atoms with van der Waals surface area (Å²) in [4.78, 5) is 16.1. The minimum absolute atomic E-state index is 0.123. The number of nitrogens with zero attached hydrogens (tertiary/aromatic N) is 2. The van der Waals surface area contributed by atoms with Gasteiger partial charge in [-0.15, -0.1) is 11.8 Å². The fourth-order valence-electron chi connectivity index (χ4n) is 1.33. The molecule has 0 aromatic carbocycles. The molecule has 0 bridgehead atoms. The number of aryl methyl sites for hydroxylation is 1. The van der Waals surface area contributed by atoms with Crippen LogP contribution in [-0.4, -0.2) is 25.8 Å². The number of carbonyl (C=O) groups is 1. The molecule has 0 saturated carbocycles. The van der Waals surface area contributed by atoms with E-state index in [-0.39, 0.29) is 10.5 Å². The topological polar surface area (TPSA) is 34.9 Å². The lowest BCUT2D eigenvalue weighted by Gasteiger charge is -2.16. The summed E-state index contributed by atoms with van der Waals surface area (Å²) >= 11 is 1.66. The van der Waals surface area contributed by atoms with Crippen molar-refractivity contribution < 1.29 is 4.79 Å². The normalized spacial score (nSPS) is 11.8. The van der Waals surface area contributed by atoms with Crippen molar-refractivity contribution >= 4 is 17.5 Å². The van der Waals surface area contributed by atoms with Gasteiger partial charge in [0, 0.05) is 23.7 Å². The molecule has 4 heteroatoms. The fraction of sp³-hybridized carbons (Fsp3) is 0.667. The summed E-state index contributed by atoms with van der Waals surface area (Å²) in [6, 6.07) is 0. The van der Waals surface area contributed by atoms with Crippen molar-refractivity contribution in [3.8, 4) is 0 Å². The van der Waals surface area contributed by atoms with Crippen molar-refractivity contribution in [2.75, 3.05) is 5.75 Å². The Kier molecular flexibility index (Phi) is 4.59. The summed E-state index contributed by atoms with van der Waals surface area (Å²) in [7, 11) is 0. The SMILES string of the molecule is CCCn1ccnc1C(=O)CSC(C)(C)C. The summed E-state index contributed by atoms with van der Waals surface area (Å²) in [5.41, 5.74) is 0. The van der Waals surface area contributed by atoms with Gasteiger partial charge in [0.25, 0.3) is 0 Å². The van der Waals surface area contributed by atoms with E-state index in [2.05, 4.69) is 32.7 Å². The van der Waals surface area contributed by atoms with Gasteiger partial charge in [-0.1, -0.05) is 27.7 Å². The molecule has 0 fully saturated rings. The highest BCUT2D eigenvalue weighted by atomic mass is 32.2. The molecular weight excluding hydrogens is 220 g/mol. The van der Waals surface area contributed by atoms with Crippen LogP contribution in [-0.2, 0) is 6.54 Å². The zero-order valence-electron chi connectivity index (χ0n) is 10.5. The van der Waals surface area contributed by atoms with Crippen LogP contribution in [0, 0.1) is 0 Å². The second kappa shape index (κ2) is 5.53. The van der Waals surface area contributed by atoms with E-state index in [9.17, 15) is 4.79 Å². The molecule has 0 unspecified atom stereocenters. The smallest absolute Gasteiger partial charge is 0.208 e. The number of aromatic nitrogens is 2. The molecule has 1 aromatic rings. The highest BCUT2D eigenvalue weighted by molar-refractivity contribution is 8.01. The Morgan fingerprint density at radius 1 is 1.50 bits per heavy atom. The minimum Gasteiger partial charge on any atom is -0.329 e. The Balaban J connectivity index is 2.62. The molecule has 1 aromatic heterocycles. The molecule has 0 spiro atoms. The molecule has 1 heterocycles. The van der Waals surface area contributed by atoms with Crippen molar-refractivity contribution in [2.24, 2.45) is 0 Å². The summed E-state index contributed by atoms with van der Waals surface area (Å²) < 4.78 is 2.06. The summed E-state index contributed by atoms with van der Waals surface area (Å²) in [5.74, 6) is 1.22. The molecule has 0 amide bonds. The minimum atomic E-state index is 0.123. The molecule has 0 radical (unpaired) electrons. The Labute approximate surface area is 102 Å². The molecule has 1 rings (SSSR count). The molecule has 0 atom stereocenters. The molecule has 0 N–H and O–H groups in total. The van der Waals surface area contributed by atoms with E-state index in [4.69, 9.17) is 0 Å². The molecule has 0 saturated heterocycles. The maximum Gasteiger partial charge on any atom is 0.208 e. The monoisotopic (exact) mass is 240 g/mol. The number of imidazole rings is 1. The van der Waals surface area contributed by atoms with Gasteiger partial charge in [0.05, 0.1) is 5.75 Å². The van der Waals surface area contributed by atoms with Gasteiger partial charge >= 0.3 is 0 Å². The van der Waals surface area contributed by atoms with Crippen LogP contribution in [0.15, 0.2) is 12.4 Å². The highest BCUT2D eigenvalue weighted by Crippen LogP contribution is 2.23. The van der Waals surface area contributed by atoms with Crippen molar-refractivity contribution in [1.82, 2.24) is 9.55 Å². The van der Waals surface area contributed by atoms with E-state index in [0.717, 1.165) is 13.0 Å². The third-order valence-corrected chi connectivity index (χ3v) is 3.34. The van der Waals surface area contributed by atoms with Crippen LogP contribution in [0.1, 0.15) is 44.7 Å². The van der Waals surface area contributed by atoms with Crippen LogP contribution in [0.25, 0.3) is 0 Å². The van der Waals surface area contributed by atoms with E-state index >= 15 is 0 Å². The second-order valence-electron chi connectivity index (χ2n) is 4.77. The lowest BCUT2D eigenvalue weighted by atomic mass is 10.3. The van der Waals surface area contributed by atoms with E-state index in [1.54, 1.807) is 18.0 Å². The molecule has 16 heavy (non-hydrogen) atoms. The van der Waals surface area contributed by atoms with Gasteiger partial charge in [0.1, 0.15) is 0 Å². The molecule has 0 aliphatic carbocycles. The summed E-state index contributed by atoms with van der Waals surface area (Å²) in [5, 5.41) is 0. The summed E-state index contributed by atoms with van der Waals surface area (Å²) in [6.07, 6.45) is 4.59. The van der Waals surface area contributed by atoms with Crippen LogP contribution in [0.3, 0.4) is 0 Å². The number of thioether (sulfide) groups is 1. The maximum absolute atomic E-state index is 11.9. The van der Waals surface area contributed by atoms with Gasteiger partial charge in [-0.3, -0.25) is 4.79 Å². The largest absolute Gasteiger partial charge is 0.329 e. The third kappa shape index (κ3) is 4.00. The van der Waals surface area contributed by atoms with Crippen LogP contribution < -0.4 is 0 Å². The summed E-state index contributed by atoms with van der Waals surface area (Å²) in [6.45, 7) is 9.30. The van der Waals surface area contributed by atoms with Crippen LogP contribution in [0.4, 0.5) is 0 Å². The average Bonchev–Trinajstić information content (AvgIpc) is 2.62. The van der Waals surface area contributed by atoms with Crippen LogP contribution in [0.5, 0.6) is 0 Å². The van der Waals surface area contributed by atoms with E-state index in [0.29, 0.717) is 11.6 Å². The predicted molar refractivity (Wildman–Crippen MR) is 69.1 cm³/mol. The number of rotatable bonds is 5. The number of hydrogen-bond donors (Lipinski definition) is 0. The van der Waals surface area contributed by atoms with Gasteiger partial charge < -0.3 is 4.57 Å². The zero-order valence-corrected chi connectivity index (χ0v) is 11.3. The van der Waals surface area contributed by atoms with Gasteiger partial charge in [0.15, 0.2) is 5.82 Å². The molecule has 0 aliphatic heterocycles. The standard InChI is InChI=1S/C12H20N2OS/c1-5-7-14-8-6-13-11(14)10(15)9-16-12(2,3)4/h6,8H,5,7,9H2,1-4H3. The third-order valence-electron chi connectivity index (χ3n) is 2.07. The average molecular weight is 240 g/mol. The van der Waals surface area contributed by atoms with E-state index in [1.165, 1.54) is 0 Å². The van der Waals surface area contributed by atoms with Crippen molar-refractivity contribution in [1.29, 1.82) is 0 Å². The van der Waals surface area contributed by atoms with Gasteiger partial charge in [-0.05, 0) is 6.42 Å². The number of ketones is 1. The molecule has 3 nitrogen and oxygen atoms in total. The van der Waals surface area contributed by atoms with E-state index < -0.39 is 0 Å². The number of hydrogen-bond acceptors (Lipinski definition) is 3. The van der Waals surface area contributed by atoms with Gasteiger partial charge in [-0.25, -0.2) is 4.98 Å². The Morgan fingerprint density at radius 2 is 2.19 bits per heavy atom.